The van der Waals surface area contributed by atoms with E-state index >= 15 is 0 Å². The van der Waals surface area contributed by atoms with Crippen LogP contribution in [0.15, 0.2) is 35.4 Å². The van der Waals surface area contributed by atoms with Crippen LogP contribution in [0, 0.1) is 0 Å². The molecule has 0 aliphatic heterocycles. The van der Waals surface area contributed by atoms with Gasteiger partial charge in [0.2, 0.25) is 5.95 Å². The molecule has 0 saturated carbocycles. The number of urea groups is 1. The second kappa shape index (κ2) is 12.0. The Kier molecular flexibility index (Phi) is 9.04. The highest BCUT2D eigenvalue weighted by Gasteiger charge is 2.17. The molecule has 30 heavy (non-hydrogen) atoms. The Balaban J connectivity index is 2.35. The normalized spacial score (nSPS) is 10.1. The van der Waals surface area contributed by atoms with E-state index in [0.717, 1.165) is 5.56 Å². The predicted molar refractivity (Wildman–Crippen MR) is 110 cm³/mol. The third kappa shape index (κ3) is 6.73. The number of carbonyl (C=O) groups excluding carboxylic acids is 2. The number of carbonyl (C=O) groups is 2. The summed E-state index contributed by atoms with van der Waals surface area (Å²) in [5, 5.41) is 8.47. The van der Waals surface area contributed by atoms with E-state index in [4.69, 9.17) is 15.0 Å². The maximum Gasteiger partial charge on any atom is 0.325 e. The molecule has 11 heteroatoms. The lowest BCUT2D eigenvalue weighted by molar-refractivity contribution is -0.141. The van der Waals surface area contributed by atoms with E-state index in [1.165, 1.54) is 0 Å². The van der Waals surface area contributed by atoms with Crippen LogP contribution in [0.4, 0.5) is 16.6 Å². The van der Waals surface area contributed by atoms with Gasteiger partial charge in [0.05, 0.1) is 18.9 Å². The molecular formula is C19H23N7O4. The van der Waals surface area contributed by atoms with Crippen molar-refractivity contribution in [2.75, 3.05) is 31.7 Å². The van der Waals surface area contributed by atoms with Gasteiger partial charge in [0.1, 0.15) is 12.4 Å². The van der Waals surface area contributed by atoms with Crippen LogP contribution in [0.3, 0.4) is 0 Å². The molecule has 2 N–H and O–H groups in total. The fourth-order valence-electron chi connectivity index (χ4n) is 2.55. The average Bonchev–Trinajstić information content (AvgIpc) is 2.74. The van der Waals surface area contributed by atoms with Gasteiger partial charge in [0.15, 0.2) is 0 Å². The molecule has 1 heterocycles. The molecule has 0 unspecified atom stereocenters. The highest BCUT2D eigenvalue weighted by atomic mass is 16.5. The van der Waals surface area contributed by atoms with Crippen LogP contribution in [0.25, 0.3) is 21.7 Å². The Bertz CT molecular complexity index is 915. The molecule has 2 rings (SSSR count). The number of esters is 1. The van der Waals surface area contributed by atoms with Crippen LogP contribution >= 0.6 is 0 Å². The Hall–Kier alpha value is -3.69. The molecule has 0 radical (unpaired) electrons. The van der Waals surface area contributed by atoms with Crippen molar-refractivity contribution in [2.24, 2.45) is 5.11 Å². The molecule has 0 atom stereocenters. The summed E-state index contributed by atoms with van der Waals surface area (Å²) in [6.07, 6.45) is 0.418. The topological polar surface area (TPSA) is 151 Å². The van der Waals surface area contributed by atoms with E-state index in [1.807, 2.05) is 37.3 Å². The van der Waals surface area contributed by atoms with Gasteiger partial charge in [-0.15, -0.1) is 0 Å². The van der Waals surface area contributed by atoms with Crippen molar-refractivity contribution in [3.63, 3.8) is 0 Å². The molecule has 1 aromatic carbocycles. The zero-order chi connectivity index (χ0) is 21.8. The minimum absolute atomic E-state index is 0.0715. The molecule has 0 fully saturated rings. The number of nitrogens with zero attached hydrogens (tertiary/aromatic N) is 5. The minimum Gasteiger partial charge on any atom is -0.465 e. The van der Waals surface area contributed by atoms with Gasteiger partial charge in [-0.3, -0.25) is 10.1 Å². The number of anilines is 1. The number of amides is 2. The fraction of sp³-hybridized carbons (Fsp3) is 0.368. The lowest BCUT2D eigenvalue weighted by Crippen LogP contribution is -2.34. The van der Waals surface area contributed by atoms with Crippen molar-refractivity contribution in [3.05, 3.63) is 46.3 Å². The van der Waals surface area contributed by atoms with Crippen LogP contribution in [0.1, 0.15) is 19.4 Å². The number of hydrogen-bond acceptors (Lipinski definition) is 7. The first-order valence-corrected chi connectivity index (χ1v) is 9.38. The maximum absolute atomic E-state index is 12.1. The van der Waals surface area contributed by atoms with Crippen molar-refractivity contribution in [1.82, 2.24) is 15.3 Å². The molecule has 0 spiro atoms. The molecule has 0 bridgehead atoms. The van der Waals surface area contributed by atoms with E-state index in [1.54, 1.807) is 6.92 Å². The smallest absolute Gasteiger partial charge is 0.325 e. The second-order valence-electron chi connectivity index (χ2n) is 5.81. The second-order valence-corrected chi connectivity index (χ2v) is 5.81. The summed E-state index contributed by atoms with van der Waals surface area (Å²) in [5.74, 6) is -0.552. The van der Waals surface area contributed by atoms with Crippen LogP contribution in [-0.4, -0.2) is 48.3 Å². The number of rotatable bonds is 10. The first-order valence-electron chi connectivity index (χ1n) is 9.38. The highest BCUT2D eigenvalue weighted by molar-refractivity contribution is 5.90. The zero-order valence-electron chi connectivity index (χ0n) is 16.8. The monoisotopic (exact) mass is 413 g/mol. The first kappa shape index (κ1) is 22.6. The van der Waals surface area contributed by atoms with Gasteiger partial charge in [0, 0.05) is 22.6 Å². The molecule has 158 valence electrons. The van der Waals surface area contributed by atoms with Gasteiger partial charge in [-0.2, -0.15) is 0 Å². The van der Waals surface area contributed by atoms with Crippen LogP contribution in [-0.2, 0) is 20.7 Å². The molecule has 0 aliphatic carbocycles. The van der Waals surface area contributed by atoms with Crippen molar-refractivity contribution in [2.45, 2.75) is 20.3 Å². The zero-order valence-corrected chi connectivity index (χ0v) is 16.8. The van der Waals surface area contributed by atoms with Crippen LogP contribution in [0.2, 0.25) is 0 Å². The van der Waals surface area contributed by atoms with Gasteiger partial charge in [-0.05, 0) is 30.9 Å². The van der Waals surface area contributed by atoms with Gasteiger partial charge in [0.25, 0.3) is 0 Å². The summed E-state index contributed by atoms with van der Waals surface area (Å²) in [5.41, 5.74) is 10.8. The number of benzene rings is 1. The lowest BCUT2D eigenvalue weighted by atomic mass is 10.0. The van der Waals surface area contributed by atoms with Crippen molar-refractivity contribution in [3.8, 4) is 11.3 Å². The number of ether oxygens (including phenoxy) is 2. The molecular weight excluding hydrogens is 390 g/mol. The first-order chi connectivity index (χ1) is 14.6. The van der Waals surface area contributed by atoms with Crippen molar-refractivity contribution in [1.29, 1.82) is 0 Å². The lowest BCUT2D eigenvalue weighted by Gasteiger charge is -2.14. The predicted octanol–water partition coefficient (Wildman–Crippen LogP) is 3.35. The third-order valence-corrected chi connectivity index (χ3v) is 3.80. The van der Waals surface area contributed by atoms with E-state index in [0.29, 0.717) is 30.9 Å². The molecule has 11 nitrogen and oxygen atoms in total. The Morgan fingerprint density at radius 1 is 1.17 bits per heavy atom. The van der Waals surface area contributed by atoms with Gasteiger partial charge < -0.3 is 14.8 Å². The van der Waals surface area contributed by atoms with Crippen LogP contribution < -0.4 is 10.6 Å². The summed E-state index contributed by atoms with van der Waals surface area (Å²) in [6, 6.07) is 8.54. The molecule has 2 amide bonds. The average molecular weight is 413 g/mol. The Labute approximate surface area is 173 Å². The number of hydrogen-bond donors (Lipinski definition) is 2. The van der Waals surface area contributed by atoms with Gasteiger partial charge in [-0.1, -0.05) is 30.3 Å². The van der Waals surface area contributed by atoms with Crippen LogP contribution in [0.5, 0.6) is 0 Å². The largest absolute Gasteiger partial charge is 0.465 e. The van der Waals surface area contributed by atoms with Crippen molar-refractivity contribution < 1.29 is 19.1 Å². The Morgan fingerprint density at radius 2 is 1.93 bits per heavy atom. The molecule has 2 aromatic rings. The third-order valence-electron chi connectivity index (χ3n) is 3.80. The summed E-state index contributed by atoms with van der Waals surface area (Å²) in [7, 11) is 0. The fourth-order valence-corrected chi connectivity index (χ4v) is 2.55. The van der Waals surface area contributed by atoms with E-state index < -0.39 is 12.0 Å². The summed E-state index contributed by atoms with van der Waals surface area (Å²) in [6.45, 7) is 4.39. The summed E-state index contributed by atoms with van der Waals surface area (Å²) >= 11 is 0. The van der Waals surface area contributed by atoms with Gasteiger partial charge >= 0.3 is 12.0 Å². The quantitative estimate of drug-likeness (QED) is 0.200. The highest BCUT2D eigenvalue weighted by Crippen LogP contribution is 2.30. The van der Waals surface area contributed by atoms with Gasteiger partial charge in [-0.25, -0.2) is 14.8 Å². The summed E-state index contributed by atoms with van der Waals surface area (Å²) < 4.78 is 10.2. The van der Waals surface area contributed by atoms with E-state index in [-0.39, 0.29) is 24.9 Å². The Morgan fingerprint density at radius 3 is 2.60 bits per heavy atom. The molecule has 0 aliphatic rings. The SMILES string of the molecule is CCOCCc1c(N=[N+]=[N-])nc(NC(=O)NCC(=O)OCC)nc1-c1ccccc1. The standard InChI is InChI=1S/C19H23N7O4/c1-3-29-11-10-14-16(13-8-6-5-7-9-13)22-18(23-17(14)25-26-20)24-19(28)21-12-15(27)30-4-2/h5-9H,3-4,10-12H2,1-2H3,(H2,21,22,23,24,28). The van der Waals surface area contributed by atoms with E-state index in [9.17, 15) is 9.59 Å². The minimum atomic E-state index is -0.698. The molecule has 1 aromatic heterocycles. The van der Waals surface area contributed by atoms with Crippen molar-refractivity contribution >= 4 is 23.8 Å². The van der Waals surface area contributed by atoms with E-state index in [2.05, 4.69) is 30.6 Å². The summed E-state index contributed by atoms with van der Waals surface area (Å²) in [4.78, 5) is 34.9. The number of nitrogens with one attached hydrogen (secondary N) is 2. The maximum atomic E-state index is 12.1. The molecule has 0 saturated heterocycles. The number of azide groups is 1. The number of aromatic nitrogens is 2.